The van der Waals surface area contributed by atoms with E-state index in [1.54, 1.807) is 6.92 Å². The lowest BCUT2D eigenvalue weighted by Gasteiger charge is -2.33. The maximum Gasteiger partial charge on any atom is 0.264 e. The summed E-state index contributed by atoms with van der Waals surface area (Å²) in [5.41, 5.74) is 0.574. The van der Waals surface area contributed by atoms with Crippen LogP contribution in [-0.2, 0) is 26.2 Å². The topological polar surface area (TPSA) is 105 Å². The van der Waals surface area contributed by atoms with Crippen LogP contribution in [0, 0.1) is 17.6 Å². The molecule has 12 heteroatoms. The van der Waals surface area contributed by atoms with Gasteiger partial charge in [0.05, 0.1) is 24.8 Å². The number of nitrogens with zero attached hydrogens (tertiary/aromatic N) is 2. The van der Waals surface area contributed by atoms with Crippen molar-refractivity contribution in [1.82, 2.24) is 10.2 Å². The number of ether oxygens (including phenoxy) is 2. The highest BCUT2D eigenvalue weighted by molar-refractivity contribution is 7.92. The summed E-state index contributed by atoms with van der Waals surface area (Å²) >= 11 is 0. The Morgan fingerprint density at radius 3 is 2.00 bits per heavy atom. The Morgan fingerprint density at radius 2 is 1.47 bits per heavy atom. The standard InChI is InChI=1S/C31H37F2N3O6S/c1-6-27(31(38)34-18-21(2)3)35(19-22-7-9-23(32)10-8-22)30(37)20-36(25-13-11-24(33)12-14-25)43(39,40)26-15-16-28(41-4)29(17-26)42-5/h7-17,21,27H,6,18-20H2,1-5H3,(H,34,38). The molecule has 0 aromatic heterocycles. The highest BCUT2D eigenvalue weighted by Crippen LogP contribution is 2.32. The molecule has 1 unspecified atom stereocenters. The molecule has 1 atom stereocenters. The molecule has 0 radical (unpaired) electrons. The van der Waals surface area contributed by atoms with Crippen molar-refractivity contribution in [2.45, 2.75) is 44.7 Å². The first-order valence-corrected chi connectivity index (χ1v) is 15.2. The number of hydrogen-bond donors (Lipinski definition) is 1. The fourth-order valence-corrected chi connectivity index (χ4v) is 5.80. The van der Waals surface area contributed by atoms with E-state index < -0.39 is 46.1 Å². The number of hydrogen-bond acceptors (Lipinski definition) is 6. The average Bonchev–Trinajstić information content (AvgIpc) is 2.99. The van der Waals surface area contributed by atoms with Crippen LogP contribution in [0.5, 0.6) is 11.5 Å². The van der Waals surface area contributed by atoms with E-state index >= 15 is 0 Å². The second-order valence-electron chi connectivity index (χ2n) is 10.2. The number of carbonyl (C=O) groups excluding carboxylic acids is 2. The van der Waals surface area contributed by atoms with Crippen LogP contribution in [0.25, 0.3) is 0 Å². The molecular formula is C31H37F2N3O6S. The van der Waals surface area contributed by atoms with Gasteiger partial charge in [-0.05, 0) is 66.4 Å². The van der Waals surface area contributed by atoms with Crippen molar-refractivity contribution in [3.63, 3.8) is 0 Å². The van der Waals surface area contributed by atoms with Gasteiger partial charge in [0.2, 0.25) is 11.8 Å². The third-order valence-corrected chi connectivity index (χ3v) is 8.44. The summed E-state index contributed by atoms with van der Waals surface area (Å²) in [4.78, 5) is 28.4. The van der Waals surface area contributed by atoms with E-state index in [1.807, 2.05) is 13.8 Å². The number of nitrogens with one attached hydrogen (secondary N) is 1. The normalized spacial score (nSPS) is 12.0. The minimum Gasteiger partial charge on any atom is -0.493 e. The zero-order valence-corrected chi connectivity index (χ0v) is 25.7. The Morgan fingerprint density at radius 1 is 0.884 bits per heavy atom. The number of benzene rings is 3. The van der Waals surface area contributed by atoms with Gasteiger partial charge in [-0.1, -0.05) is 32.9 Å². The molecule has 9 nitrogen and oxygen atoms in total. The molecule has 0 heterocycles. The molecule has 1 N–H and O–H groups in total. The molecule has 2 amide bonds. The molecule has 0 aliphatic carbocycles. The lowest BCUT2D eigenvalue weighted by Crippen LogP contribution is -2.52. The Labute approximate surface area is 251 Å². The van der Waals surface area contributed by atoms with Crippen molar-refractivity contribution in [3.05, 3.63) is 83.9 Å². The fraction of sp³-hybridized carbons (Fsp3) is 0.355. The van der Waals surface area contributed by atoms with Crippen LogP contribution >= 0.6 is 0 Å². The van der Waals surface area contributed by atoms with E-state index in [2.05, 4.69) is 5.32 Å². The van der Waals surface area contributed by atoms with E-state index in [0.717, 1.165) is 16.4 Å². The summed E-state index contributed by atoms with van der Waals surface area (Å²) in [6.07, 6.45) is 0.232. The molecule has 0 saturated carbocycles. The van der Waals surface area contributed by atoms with Gasteiger partial charge in [0.25, 0.3) is 10.0 Å². The molecule has 0 aliphatic heterocycles. The first-order valence-electron chi connectivity index (χ1n) is 13.7. The van der Waals surface area contributed by atoms with Crippen molar-refractivity contribution in [3.8, 4) is 11.5 Å². The van der Waals surface area contributed by atoms with Crippen LogP contribution in [0.2, 0.25) is 0 Å². The summed E-state index contributed by atoms with van der Waals surface area (Å²) in [7, 11) is -1.66. The van der Waals surface area contributed by atoms with Gasteiger partial charge in [-0.2, -0.15) is 0 Å². The molecule has 0 saturated heterocycles. The number of anilines is 1. The highest BCUT2D eigenvalue weighted by atomic mass is 32.2. The van der Waals surface area contributed by atoms with E-state index in [0.29, 0.717) is 17.9 Å². The largest absolute Gasteiger partial charge is 0.493 e. The average molecular weight is 618 g/mol. The maximum atomic E-state index is 14.1. The molecule has 232 valence electrons. The zero-order valence-electron chi connectivity index (χ0n) is 24.8. The van der Waals surface area contributed by atoms with Gasteiger partial charge in [0.1, 0.15) is 24.2 Å². The monoisotopic (exact) mass is 617 g/mol. The van der Waals surface area contributed by atoms with Gasteiger partial charge in [-0.3, -0.25) is 13.9 Å². The maximum absolute atomic E-state index is 14.1. The van der Waals surface area contributed by atoms with Gasteiger partial charge in [-0.25, -0.2) is 17.2 Å². The van der Waals surface area contributed by atoms with E-state index in [-0.39, 0.29) is 35.2 Å². The molecule has 3 aromatic carbocycles. The Hall–Kier alpha value is -4.19. The van der Waals surface area contributed by atoms with Gasteiger partial charge >= 0.3 is 0 Å². The quantitative estimate of drug-likeness (QED) is 0.280. The summed E-state index contributed by atoms with van der Waals surface area (Å²) in [5, 5.41) is 2.84. The third-order valence-electron chi connectivity index (χ3n) is 6.67. The summed E-state index contributed by atoms with van der Waals surface area (Å²) < 4.78 is 66.9. The van der Waals surface area contributed by atoms with Gasteiger partial charge in [0, 0.05) is 19.2 Å². The van der Waals surface area contributed by atoms with Crippen LogP contribution in [0.15, 0.2) is 71.6 Å². The molecule has 43 heavy (non-hydrogen) atoms. The van der Waals surface area contributed by atoms with Gasteiger partial charge < -0.3 is 19.7 Å². The van der Waals surface area contributed by atoms with E-state index in [1.165, 1.54) is 73.7 Å². The van der Waals surface area contributed by atoms with Crippen LogP contribution < -0.4 is 19.1 Å². The van der Waals surface area contributed by atoms with Gasteiger partial charge in [0.15, 0.2) is 11.5 Å². The molecule has 3 aromatic rings. The first-order chi connectivity index (χ1) is 20.4. The number of rotatable bonds is 14. The molecule has 3 rings (SSSR count). The molecule has 0 aliphatic rings. The fourth-order valence-electron chi connectivity index (χ4n) is 4.37. The van der Waals surface area contributed by atoms with Crippen LogP contribution in [0.4, 0.5) is 14.5 Å². The minimum absolute atomic E-state index is 0.0311. The predicted octanol–water partition coefficient (Wildman–Crippen LogP) is 4.76. The van der Waals surface area contributed by atoms with Crippen molar-refractivity contribution in [2.75, 3.05) is 31.6 Å². The minimum atomic E-state index is -4.43. The Bertz CT molecular complexity index is 1500. The SMILES string of the molecule is CCC(C(=O)NCC(C)C)N(Cc1ccc(F)cc1)C(=O)CN(c1ccc(F)cc1)S(=O)(=O)c1ccc(OC)c(OC)c1. The summed E-state index contributed by atoms with van der Waals surface area (Å²) in [5.74, 6) is -1.54. The molecular weight excluding hydrogens is 580 g/mol. The summed E-state index contributed by atoms with van der Waals surface area (Å²) in [6.45, 7) is 5.19. The first kappa shape index (κ1) is 33.3. The van der Waals surface area contributed by atoms with Crippen molar-refractivity contribution in [2.24, 2.45) is 5.92 Å². The smallest absolute Gasteiger partial charge is 0.264 e. The second-order valence-corrected chi connectivity index (χ2v) is 12.1. The van der Waals surface area contributed by atoms with Crippen LogP contribution in [-0.4, -0.2) is 58.5 Å². The number of methoxy groups -OCH3 is 2. The molecule has 0 bridgehead atoms. The Balaban J connectivity index is 2.08. The third kappa shape index (κ3) is 8.44. The second kappa shape index (κ2) is 14.8. The number of carbonyl (C=O) groups is 2. The van der Waals surface area contributed by atoms with Crippen molar-refractivity contribution < 1.29 is 36.3 Å². The Kier molecular flexibility index (Phi) is 11.5. The zero-order chi connectivity index (χ0) is 31.7. The van der Waals surface area contributed by atoms with E-state index in [9.17, 15) is 26.8 Å². The highest BCUT2D eigenvalue weighted by Gasteiger charge is 2.34. The predicted molar refractivity (Wildman–Crippen MR) is 159 cm³/mol. The number of sulfonamides is 1. The number of amides is 2. The summed E-state index contributed by atoms with van der Waals surface area (Å²) in [6, 6.07) is 13.2. The molecule has 0 fully saturated rings. The van der Waals surface area contributed by atoms with Gasteiger partial charge in [-0.15, -0.1) is 0 Å². The lowest BCUT2D eigenvalue weighted by molar-refractivity contribution is -0.140. The van der Waals surface area contributed by atoms with E-state index in [4.69, 9.17) is 9.47 Å². The van der Waals surface area contributed by atoms with Crippen LogP contribution in [0.1, 0.15) is 32.8 Å². The number of halogens is 2. The van der Waals surface area contributed by atoms with Crippen molar-refractivity contribution >= 4 is 27.5 Å². The lowest BCUT2D eigenvalue weighted by atomic mass is 10.1. The molecule has 0 spiro atoms. The van der Waals surface area contributed by atoms with Crippen molar-refractivity contribution in [1.29, 1.82) is 0 Å². The van der Waals surface area contributed by atoms with Crippen LogP contribution in [0.3, 0.4) is 0 Å².